The molecule has 3 aromatic rings. The van der Waals surface area contributed by atoms with Crippen molar-refractivity contribution in [3.05, 3.63) is 69.9 Å². The number of rotatable bonds is 5. The summed E-state index contributed by atoms with van der Waals surface area (Å²) in [6.07, 6.45) is 1.81. The van der Waals surface area contributed by atoms with Crippen molar-refractivity contribution < 1.29 is 4.79 Å². The Bertz CT molecular complexity index is 1010. The molecule has 0 radical (unpaired) electrons. The molecule has 6 heteroatoms. The summed E-state index contributed by atoms with van der Waals surface area (Å²) in [5.41, 5.74) is 2.16. The first-order valence-corrected chi connectivity index (χ1v) is 10.2. The lowest BCUT2D eigenvalue weighted by Gasteiger charge is -2.34. The summed E-state index contributed by atoms with van der Waals surface area (Å²) in [7, 11) is 3.54. The second-order valence-electron chi connectivity index (χ2n) is 7.02. The molecular formula is C21H22BrN3OS. The number of thiazole rings is 1. The van der Waals surface area contributed by atoms with Gasteiger partial charge in [-0.05, 0) is 59.6 Å². The van der Waals surface area contributed by atoms with Gasteiger partial charge in [0.25, 0.3) is 0 Å². The maximum Gasteiger partial charge on any atom is 0.233 e. The number of hydrogen-bond donors (Lipinski definition) is 0. The Morgan fingerprint density at radius 2 is 2.04 bits per heavy atom. The number of likely N-dealkylation sites (N-methyl/N-ethyl adjacent to an activating group) is 1. The first-order valence-electron chi connectivity index (χ1n) is 8.61. The minimum atomic E-state index is -0.700. The predicted molar refractivity (Wildman–Crippen MR) is 115 cm³/mol. The van der Waals surface area contributed by atoms with Gasteiger partial charge in [0, 0.05) is 19.5 Å². The van der Waals surface area contributed by atoms with E-state index in [1.807, 2.05) is 43.3 Å². The molecule has 2 heterocycles. The number of aryl methyl sites for hydroxylation is 1. The summed E-state index contributed by atoms with van der Waals surface area (Å²) >= 11 is 5.00. The van der Waals surface area contributed by atoms with E-state index in [1.54, 1.807) is 30.3 Å². The molecule has 0 bridgehead atoms. The lowest BCUT2D eigenvalue weighted by molar-refractivity contribution is -0.131. The van der Waals surface area contributed by atoms with Gasteiger partial charge in [-0.2, -0.15) is 0 Å². The fraction of sp³-hybridized carbons (Fsp3) is 0.286. The van der Waals surface area contributed by atoms with E-state index >= 15 is 0 Å². The molecule has 0 aliphatic carbocycles. The molecule has 0 saturated heterocycles. The Balaban J connectivity index is 2.22. The van der Waals surface area contributed by atoms with Crippen LogP contribution in [0.1, 0.15) is 29.1 Å². The quantitative estimate of drug-likeness (QED) is 0.407. The van der Waals surface area contributed by atoms with Crippen molar-refractivity contribution in [1.29, 1.82) is 0 Å². The van der Waals surface area contributed by atoms with E-state index in [0.29, 0.717) is 0 Å². The highest BCUT2D eigenvalue weighted by Crippen LogP contribution is 2.43. The number of carbonyl (C=O) groups excluding carboxylic acids is 1. The Labute approximate surface area is 172 Å². The van der Waals surface area contributed by atoms with Crippen LogP contribution in [0.5, 0.6) is 0 Å². The van der Waals surface area contributed by atoms with Gasteiger partial charge in [0.1, 0.15) is 15.5 Å². The minimum absolute atomic E-state index is 0.0186. The highest BCUT2D eigenvalue weighted by molar-refractivity contribution is 9.10. The van der Waals surface area contributed by atoms with Crippen molar-refractivity contribution in [3.8, 4) is 0 Å². The molecule has 0 spiro atoms. The van der Waals surface area contributed by atoms with Crippen LogP contribution in [0.3, 0.4) is 0 Å². The van der Waals surface area contributed by atoms with E-state index < -0.39 is 11.3 Å². The fourth-order valence-corrected chi connectivity index (χ4v) is 4.77. The van der Waals surface area contributed by atoms with Crippen molar-refractivity contribution in [1.82, 2.24) is 14.9 Å². The molecule has 2 atom stereocenters. The van der Waals surface area contributed by atoms with Crippen LogP contribution < -0.4 is 0 Å². The van der Waals surface area contributed by atoms with Gasteiger partial charge in [0.05, 0.1) is 15.9 Å². The molecule has 1 amide bonds. The number of aromatic nitrogens is 2. The molecule has 0 aliphatic rings. The normalized spacial score (nSPS) is 14.6. The van der Waals surface area contributed by atoms with E-state index in [4.69, 9.17) is 4.98 Å². The van der Waals surface area contributed by atoms with Crippen LogP contribution in [0.2, 0.25) is 0 Å². The number of carbonyl (C=O) groups is 1. The van der Waals surface area contributed by atoms with Gasteiger partial charge >= 0.3 is 0 Å². The second kappa shape index (κ2) is 7.52. The molecular weight excluding hydrogens is 422 g/mol. The SMILES string of the molecule is C=C[C@@](C)(c1cccc(Br)n1)[C@@H](C(=O)N(C)C)c1nc2ccc(C)cc2s1. The minimum Gasteiger partial charge on any atom is -0.348 e. The van der Waals surface area contributed by atoms with Crippen LogP contribution in [0.15, 0.2) is 53.7 Å². The van der Waals surface area contributed by atoms with E-state index in [1.165, 1.54) is 5.56 Å². The number of benzene rings is 1. The maximum atomic E-state index is 13.3. The van der Waals surface area contributed by atoms with E-state index in [9.17, 15) is 4.79 Å². The Hall–Kier alpha value is -2.05. The summed E-state index contributed by atoms with van der Waals surface area (Å²) < 4.78 is 1.80. The van der Waals surface area contributed by atoms with Gasteiger partial charge in [-0.15, -0.1) is 17.9 Å². The van der Waals surface area contributed by atoms with Crippen LogP contribution >= 0.6 is 27.3 Å². The highest BCUT2D eigenvalue weighted by atomic mass is 79.9. The van der Waals surface area contributed by atoms with Crippen LogP contribution in [0.25, 0.3) is 10.2 Å². The number of halogens is 1. The molecule has 140 valence electrons. The third-order valence-electron chi connectivity index (χ3n) is 4.79. The predicted octanol–water partition coefficient (Wildman–Crippen LogP) is 5.08. The van der Waals surface area contributed by atoms with Crippen LogP contribution in [0, 0.1) is 6.92 Å². The van der Waals surface area contributed by atoms with Gasteiger partial charge in [-0.25, -0.2) is 9.97 Å². The van der Waals surface area contributed by atoms with Gasteiger partial charge in [-0.3, -0.25) is 4.79 Å². The lowest BCUT2D eigenvalue weighted by atomic mass is 9.73. The van der Waals surface area contributed by atoms with E-state index in [-0.39, 0.29) is 5.91 Å². The summed E-state index contributed by atoms with van der Waals surface area (Å²) in [4.78, 5) is 24.3. The first kappa shape index (κ1) is 19.7. The third-order valence-corrected chi connectivity index (χ3v) is 6.31. The summed E-state index contributed by atoms with van der Waals surface area (Å²) in [6, 6.07) is 11.9. The van der Waals surface area contributed by atoms with Gasteiger partial charge in [0.15, 0.2) is 0 Å². The molecule has 0 unspecified atom stereocenters. The molecule has 0 N–H and O–H groups in total. The van der Waals surface area contributed by atoms with Crippen molar-refractivity contribution in [2.75, 3.05) is 14.1 Å². The topological polar surface area (TPSA) is 46.1 Å². The van der Waals surface area contributed by atoms with Crippen LogP contribution in [-0.2, 0) is 10.2 Å². The highest BCUT2D eigenvalue weighted by Gasteiger charge is 2.43. The maximum absolute atomic E-state index is 13.3. The Morgan fingerprint density at radius 3 is 2.67 bits per heavy atom. The smallest absolute Gasteiger partial charge is 0.233 e. The Morgan fingerprint density at radius 1 is 1.30 bits per heavy atom. The van der Waals surface area contributed by atoms with Crippen molar-refractivity contribution >= 4 is 43.4 Å². The van der Waals surface area contributed by atoms with Crippen LogP contribution in [-0.4, -0.2) is 34.9 Å². The van der Waals surface area contributed by atoms with Crippen molar-refractivity contribution in [2.24, 2.45) is 0 Å². The average Bonchev–Trinajstić information content (AvgIpc) is 3.03. The number of amides is 1. The Kier molecular flexibility index (Phi) is 5.49. The number of fused-ring (bicyclic) bond motifs is 1. The summed E-state index contributed by atoms with van der Waals surface area (Å²) in [6.45, 7) is 8.10. The number of hydrogen-bond acceptors (Lipinski definition) is 4. The van der Waals surface area contributed by atoms with E-state index in [0.717, 1.165) is 25.5 Å². The largest absolute Gasteiger partial charge is 0.348 e. The average molecular weight is 444 g/mol. The monoisotopic (exact) mass is 443 g/mol. The van der Waals surface area contributed by atoms with E-state index in [2.05, 4.69) is 40.5 Å². The number of pyridine rings is 1. The molecule has 0 fully saturated rings. The van der Waals surface area contributed by atoms with Crippen molar-refractivity contribution in [3.63, 3.8) is 0 Å². The molecule has 2 aromatic heterocycles. The van der Waals surface area contributed by atoms with Crippen molar-refractivity contribution in [2.45, 2.75) is 25.2 Å². The fourth-order valence-electron chi connectivity index (χ4n) is 3.13. The molecule has 1 aromatic carbocycles. The third kappa shape index (κ3) is 3.69. The van der Waals surface area contributed by atoms with Gasteiger partial charge in [-0.1, -0.05) is 18.2 Å². The number of nitrogens with zero attached hydrogens (tertiary/aromatic N) is 3. The molecule has 0 aliphatic heterocycles. The second-order valence-corrected chi connectivity index (χ2v) is 8.90. The van der Waals surface area contributed by atoms with Gasteiger partial charge < -0.3 is 4.90 Å². The zero-order valence-corrected chi connectivity index (χ0v) is 18.3. The standard InChI is InChI=1S/C21H22BrN3OS/c1-6-21(3,16-8-7-9-17(22)24-16)18(20(26)25(4)5)19-23-14-11-10-13(2)12-15(14)27-19/h6-12,18H,1H2,2-5H3/t18-,21+/m1/s1. The number of allylic oxidation sites excluding steroid dienone is 1. The molecule has 4 nitrogen and oxygen atoms in total. The molecule has 0 saturated carbocycles. The molecule has 27 heavy (non-hydrogen) atoms. The summed E-state index contributed by atoms with van der Waals surface area (Å²) in [5.74, 6) is -0.528. The molecule has 3 rings (SSSR count). The van der Waals surface area contributed by atoms with Crippen LogP contribution in [0.4, 0.5) is 0 Å². The zero-order valence-electron chi connectivity index (χ0n) is 15.9. The van der Waals surface area contributed by atoms with Gasteiger partial charge in [0.2, 0.25) is 5.91 Å². The lowest BCUT2D eigenvalue weighted by Crippen LogP contribution is -2.40. The zero-order chi connectivity index (χ0) is 19.8. The first-order chi connectivity index (χ1) is 12.8. The summed E-state index contributed by atoms with van der Waals surface area (Å²) in [5, 5.41) is 0.776.